The van der Waals surface area contributed by atoms with E-state index in [1.165, 1.54) is 31.2 Å². The van der Waals surface area contributed by atoms with E-state index in [0.717, 1.165) is 18.4 Å². The lowest BCUT2D eigenvalue weighted by atomic mass is 10.0. The van der Waals surface area contributed by atoms with Gasteiger partial charge in [0.05, 0.1) is 12.5 Å². The molecule has 0 aliphatic rings. The molecule has 0 fully saturated rings. The molecule has 2 aromatic carbocycles. The van der Waals surface area contributed by atoms with E-state index in [9.17, 15) is 4.79 Å². The number of carbonyl (C=O) groups excluding carboxylic acids is 1. The van der Waals surface area contributed by atoms with Gasteiger partial charge in [0, 0.05) is 0 Å². The number of hydrogen-bond donors (Lipinski definition) is 0. The van der Waals surface area contributed by atoms with Crippen molar-refractivity contribution in [2.24, 2.45) is 0 Å². The number of rotatable bonds is 9. The summed E-state index contributed by atoms with van der Waals surface area (Å²) in [5.41, 5.74) is 2.35. The minimum Gasteiger partial charge on any atom is -0.465 e. The predicted molar refractivity (Wildman–Crippen MR) is 110 cm³/mol. The average Bonchev–Trinajstić information content (AvgIpc) is 2.68. The van der Waals surface area contributed by atoms with Gasteiger partial charge in [-0.2, -0.15) is 0 Å². The first-order valence-electron chi connectivity index (χ1n) is 9.88. The van der Waals surface area contributed by atoms with E-state index in [1.54, 1.807) is 0 Å². The summed E-state index contributed by atoms with van der Waals surface area (Å²) >= 11 is 0. The maximum atomic E-state index is 11.9. The molecule has 142 valence electrons. The van der Waals surface area contributed by atoms with Crippen LogP contribution in [0.15, 0.2) is 60.7 Å². The molecule has 1 unspecified atom stereocenters. The maximum Gasteiger partial charge on any atom is 0.313 e. The van der Waals surface area contributed by atoms with Gasteiger partial charge in [0.2, 0.25) is 0 Å². The van der Waals surface area contributed by atoms with Crippen molar-refractivity contribution < 1.29 is 9.53 Å². The Labute approximate surface area is 159 Å². The lowest BCUT2D eigenvalue weighted by molar-refractivity contribution is -0.145. The summed E-state index contributed by atoms with van der Waals surface area (Å²) in [7, 11) is 0. The van der Waals surface area contributed by atoms with Crippen LogP contribution in [-0.2, 0) is 9.53 Å². The fraction of sp³-hybridized carbons (Fsp3) is 0.458. The highest BCUT2D eigenvalue weighted by Gasteiger charge is 2.15. The highest BCUT2D eigenvalue weighted by atomic mass is 16.5. The SMILES string of the molecule is CCCCCCCCOC(=O)C(C)c1ccccc1.Cc1ccccc1. The Kier molecular flexibility index (Phi) is 11.9. The van der Waals surface area contributed by atoms with Crippen LogP contribution in [0.3, 0.4) is 0 Å². The summed E-state index contributed by atoms with van der Waals surface area (Å²) in [5, 5.41) is 0. The number of aryl methyl sites for hydroxylation is 1. The lowest BCUT2D eigenvalue weighted by Gasteiger charge is -2.11. The van der Waals surface area contributed by atoms with Gasteiger partial charge in [0.25, 0.3) is 0 Å². The van der Waals surface area contributed by atoms with E-state index >= 15 is 0 Å². The van der Waals surface area contributed by atoms with Crippen molar-refractivity contribution in [2.75, 3.05) is 6.61 Å². The zero-order chi connectivity index (χ0) is 19.0. The molecular formula is C24H34O2. The van der Waals surface area contributed by atoms with Crippen LogP contribution in [-0.4, -0.2) is 12.6 Å². The fourth-order valence-electron chi connectivity index (χ4n) is 2.59. The highest BCUT2D eigenvalue weighted by molar-refractivity contribution is 5.77. The fourth-order valence-corrected chi connectivity index (χ4v) is 2.59. The summed E-state index contributed by atoms with van der Waals surface area (Å²) < 4.78 is 5.33. The molecule has 0 aromatic heterocycles. The molecule has 2 rings (SSSR count). The molecule has 0 N–H and O–H groups in total. The summed E-state index contributed by atoms with van der Waals surface area (Å²) in [5.74, 6) is -0.277. The Morgan fingerprint density at radius 2 is 1.38 bits per heavy atom. The van der Waals surface area contributed by atoms with Gasteiger partial charge in [-0.15, -0.1) is 0 Å². The Bertz CT molecular complexity index is 578. The number of hydrogen-bond acceptors (Lipinski definition) is 2. The van der Waals surface area contributed by atoms with Gasteiger partial charge in [-0.05, 0) is 25.8 Å². The summed E-state index contributed by atoms with van der Waals surface area (Å²) in [6.07, 6.45) is 7.27. The molecule has 0 amide bonds. The third-order valence-electron chi connectivity index (χ3n) is 4.34. The van der Waals surface area contributed by atoms with Gasteiger partial charge in [-0.3, -0.25) is 4.79 Å². The molecule has 0 heterocycles. The first-order chi connectivity index (χ1) is 12.6. The Morgan fingerprint density at radius 1 is 0.846 bits per heavy atom. The topological polar surface area (TPSA) is 26.3 Å². The number of ether oxygens (including phenoxy) is 1. The lowest BCUT2D eigenvalue weighted by Crippen LogP contribution is -2.13. The molecule has 2 nitrogen and oxygen atoms in total. The van der Waals surface area contributed by atoms with Crippen LogP contribution in [0.1, 0.15) is 69.4 Å². The van der Waals surface area contributed by atoms with E-state index in [4.69, 9.17) is 4.74 Å². The van der Waals surface area contributed by atoms with E-state index in [-0.39, 0.29) is 11.9 Å². The van der Waals surface area contributed by atoms with Crippen LogP contribution in [0.4, 0.5) is 0 Å². The molecule has 0 aliphatic carbocycles. The molecule has 2 aromatic rings. The first kappa shape index (κ1) is 22.0. The first-order valence-corrected chi connectivity index (χ1v) is 9.88. The van der Waals surface area contributed by atoms with E-state index in [1.807, 2.05) is 55.5 Å². The Hall–Kier alpha value is -2.09. The van der Waals surface area contributed by atoms with Crippen LogP contribution in [0, 0.1) is 6.92 Å². The summed E-state index contributed by atoms with van der Waals surface area (Å²) in [6.45, 7) is 6.76. The van der Waals surface area contributed by atoms with Crippen molar-refractivity contribution in [3.63, 3.8) is 0 Å². The van der Waals surface area contributed by atoms with Crippen LogP contribution >= 0.6 is 0 Å². The maximum absolute atomic E-state index is 11.9. The molecule has 0 spiro atoms. The van der Waals surface area contributed by atoms with Crippen molar-refractivity contribution in [2.45, 2.75) is 65.2 Å². The van der Waals surface area contributed by atoms with E-state index < -0.39 is 0 Å². The second-order valence-corrected chi connectivity index (χ2v) is 6.72. The minimum atomic E-state index is -0.165. The van der Waals surface area contributed by atoms with Gasteiger partial charge in [0.15, 0.2) is 0 Å². The average molecular weight is 355 g/mol. The number of benzene rings is 2. The quantitative estimate of drug-likeness (QED) is 0.370. The Balaban J connectivity index is 0.000000401. The molecule has 0 radical (unpaired) electrons. The standard InChI is InChI=1S/C17H26O2.C7H8/c1-3-4-5-6-7-11-14-19-17(18)15(2)16-12-9-8-10-13-16;1-7-5-3-2-4-6-7/h8-10,12-13,15H,3-7,11,14H2,1-2H3;2-6H,1H3. The van der Waals surface area contributed by atoms with Gasteiger partial charge in [0.1, 0.15) is 0 Å². The molecule has 0 saturated heterocycles. The van der Waals surface area contributed by atoms with Crippen LogP contribution < -0.4 is 0 Å². The second kappa shape index (κ2) is 14.1. The van der Waals surface area contributed by atoms with Gasteiger partial charge in [-0.1, -0.05) is 105 Å². The zero-order valence-electron chi connectivity index (χ0n) is 16.6. The normalized spacial score (nSPS) is 11.2. The van der Waals surface area contributed by atoms with Crippen molar-refractivity contribution in [3.05, 3.63) is 71.8 Å². The van der Waals surface area contributed by atoms with E-state index in [2.05, 4.69) is 26.0 Å². The highest BCUT2D eigenvalue weighted by Crippen LogP contribution is 2.16. The molecule has 0 bridgehead atoms. The summed E-state index contributed by atoms with van der Waals surface area (Å²) in [6, 6.07) is 20.1. The van der Waals surface area contributed by atoms with Gasteiger partial charge >= 0.3 is 5.97 Å². The van der Waals surface area contributed by atoms with Crippen molar-refractivity contribution in [1.82, 2.24) is 0 Å². The number of unbranched alkanes of at least 4 members (excludes halogenated alkanes) is 5. The second-order valence-electron chi connectivity index (χ2n) is 6.72. The smallest absolute Gasteiger partial charge is 0.313 e. The van der Waals surface area contributed by atoms with Crippen LogP contribution in [0.2, 0.25) is 0 Å². The molecule has 2 heteroatoms. The van der Waals surface area contributed by atoms with E-state index in [0.29, 0.717) is 6.61 Å². The molecule has 0 aliphatic heterocycles. The van der Waals surface area contributed by atoms with Crippen LogP contribution in [0.25, 0.3) is 0 Å². The van der Waals surface area contributed by atoms with Crippen molar-refractivity contribution >= 4 is 5.97 Å². The minimum absolute atomic E-state index is 0.111. The largest absolute Gasteiger partial charge is 0.465 e. The molecule has 1 atom stereocenters. The molecule has 26 heavy (non-hydrogen) atoms. The summed E-state index contributed by atoms with van der Waals surface area (Å²) in [4.78, 5) is 11.9. The molecular weight excluding hydrogens is 320 g/mol. The monoisotopic (exact) mass is 354 g/mol. The van der Waals surface area contributed by atoms with Crippen molar-refractivity contribution in [1.29, 1.82) is 0 Å². The third kappa shape index (κ3) is 10.0. The van der Waals surface area contributed by atoms with Crippen molar-refractivity contribution in [3.8, 4) is 0 Å². The molecule has 0 saturated carbocycles. The van der Waals surface area contributed by atoms with Gasteiger partial charge in [-0.25, -0.2) is 0 Å². The number of carbonyl (C=O) groups is 1. The Morgan fingerprint density at radius 3 is 1.92 bits per heavy atom. The zero-order valence-corrected chi connectivity index (χ0v) is 16.6. The predicted octanol–water partition coefficient (Wildman–Crippen LogP) is 6.69. The third-order valence-corrected chi connectivity index (χ3v) is 4.34. The van der Waals surface area contributed by atoms with Gasteiger partial charge < -0.3 is 4.74 Å². The number of esters is 1. The van der Waals surface area contributed by atoms with Crippen LogP contribution in [0.5, 0.6) is 0 Å².